The summed E-state index contributed by atoms with van der Waals surface area (Å²) < 4.78 is 29.3. The maximum Gasteiger partial charge on any atom is 0.246 e. The van der Waals surface area contributed by atoms with E-state index in [1.165, 1.54) is 12.1 Å². The number of nitrogens with two attached hydrogens (primary N) is 1. The molecule has 1 saturated carbocycles. The Morgan fingerprint density at radius 1 is 1.09 bits per heavy atom. The Labute approximate surface area is 202 Å². The van der Waals surface area contributed by atoms with E-state index in [4.69, 9.17) is 9.88 Å². The van der Waals surface area contributed by atoms with E-state index in [0.29, 0.717) is 34.2 Å². The Balaban J connectivity index is 1.46. The number of nitrogens with one attached hydrogen (secondary N) is 2. The molecule has 4 N–H and O–H groups in total. The molecule has 0 saturated heterocycles. The molecule has 0 amide bonds. The molecule has 35 heavy (non-hydrogen) atoms. The van der Waals surface area contributed by atoms with Crippen LogP contribution in [0.2, 0.25) is 0 Å². The van der Waals surface area contributed by atoms with E-state index in [9.17, 15) is 8.42 Å². The van der Waals surface area contributed by atoms with Gasteiger partial charge in [0.05, 0.1) is 22.8 Å². The highest BCUT2D eigenvalue weighted by Gasteiger charge is 2.41. The molecular weight excluding hydrogens is 466 g/mol. The van der Waals surface area contributed by atoms with Gasteiger partial charge in [-0.1, -0.05) is 12.1 Å². The zero-order chi connectivity index (χ0) is 24.6. The summed E-state index contributed by atoms with van der Waals surface area (Å²) >= 11 is 0. The Morgan fingerprint density at radius 2 is 1.83 bits per heavy atom. The third-order valence-electron chi connectivity index (χ3n) is 5.68. The molecule has 4 aromatic rings. The number of anilines is 1. The Hall–Kier alpha value is -4.01. The molecule has 1 aliphatic rings. The molecular formula is C24H23N7O3S. The van der Waals surface area contributed by atoms with E-state index in [0.717, 1.165) is 18.4 Å². The molecule has 0 radical (unpaired) electrons. The van der Waals surface area contributed by atoms with Crippen LogP contribution in [-0.2, 0) is 10.0 Å². The number of sulfonamides is 1. The summed E-state index contributed by atoms with van der Waals surface area (Å²) in [6, 6.07) is 9.76. The molecule has 1 unspecified atom stereocenters. The standard InChI is InChI=1S/C24H23N7O3S/c1-15(16-3-8-19(9-4-16)35(25,32)33)28-23-30-20-10-7-17(5-6-18-13-26-14-27-18)29-21(20)22(31-23)34-24(2)11-12-24/h3-4,7-10,13-15H,11-12H2,1-2H3,(H,26,27)(H2,25,32,33)(H,28,30,31). The molecule has 0 spiro atoms. The van der Waals surface area contributed by atoms with Gasteiger partial charge in [-0.2, -0.15) is 4.98 Å². The van der Waals surface area contributed by atoms with Crippen LogP contribution in [0, 0.1) is 11.8 Å². The fourth-order valence-electron chi connectivity index (χ4n) is 3.38. The molecule has 5 rings (SSSR count). The minimum atomic E-state index is -3.75. The minimum Gasteiger partial charge on any atom is -0.470 e. The smallest absolute Gasteiger partial charge is 0.246 e. The number of hydrogen-bond acceptors (Lipinski definition) is 8. The second-order valence-corrected chi connectivity index (χ2v) is 10.2. The summed E-state index contributed by atoms with van der Waals surface area (Å²) in [5.74, 6) is 6.73. The van der Waals surface area contributed by atoms with Crippen LogP contribution in [0.4, 0.5) is 5.95 Å². The van der Waals surface area contributed by atoms with Crippen molar-refractivity contribution in [1.29, 1.82) is 0 Å². The van der Waals surface area contributed by atoms with Crippen LogP contribution in [0.1, 0.15) is 49.7 Å². The second-order valence-electron chi connectivity index (χ2n) is 8.65. The number of pyridine rings is 1. The van der Waals surface area contributed by atoms with Gasteiger partial charge >= 0.3 is 0 Å². The van der Waals surface area contributed by atoms with Gasteiger partial charge in [-0.3, -0.25) is 0 Å². The average molecular weight is 490 g/mol. The lowest BCUT2D eigenvalue weighted by molar-refractivity contribution is 0.194. The van der Waals surface area contributed by atoms with Crippen LogP contribution in [-0.4, -0.2) is 38.9 Å². The first-order valence-corrected chi connectivity index (χ1v) is 12.5. The number of rotatable bonds is 6. The lowest BCUT2D eigenvalue weighted by atomic mass is 10.1. The van der Waals surface area contributed by atoms with Crippen LogP contribution in [0.15, 0.2) is 53.8 Å². The van der Waals surface area contributed by atoms with Crippen LogP contribution < -0.4 is 15.2 Å². The predicted octanol–water partition coefficient (Wildman–Crippen LogP) is 2.90. The highest BCUT2D eigenvalue weighted by molar-refractivity contribution is 7.89. The van der Waals surface area contributed by atoms with Crippen molar-refractivity contribution in [2.24, 2.45) is 5.14 Å². The maximum atomic E-state index is 11.5. The van der Waals surface area contributed by atoms with Gasteiger partial charge in [0.1, 0.15) is 17.0 Å². The first-order valence-electron chi connectivity index (χ1n) is 11.0. The van der Waals surface area contributed by atoms with Gasteiger partial charge in [0, 0.05) is 6.20 Å². The number of fused-ring (bicyclic) bond motifs is 1. The van der Waals surface area contributed by atoms with Crippen LogP contribution in [0.25, 0.3) is 11.0 Å². The molecule has 3 heterocycles. The minimum absolute atomic E-state index is 0.0565. The number of benzene rings is 1. The van der Waals surface area contributed by atoms with Crippen molar-refractivity contribution in [1.82, 2.24) is 24.9 Å². The maximum absolute atomic E-state index is 11.5. The predicted molar refractivity (Wildman–Crippen MR) is 130 cm³/mol. The van der Waals surface area contributed by atoms with Crippen molar-refractivity contribution in [3.8, 4) is 17.7 Å². The second kappa shape index (κ2) is 8.65. The summed E-state index contributed by atoms with van der Waals surface area (Å²) in [5, 5.41) is 8.45. The number of H-pyrrole nitrogens is 1. The number of ether oxygens (including phenoxy) is 1. The van der Waals surface area contributed by atoms with Gasteiger partial charge in [0.15, 0.2) is 5.52 Å². The fourth-order valence-corrected chi connectivity index (χ4v) is 3.90. The van der Waals surface area contributed by atoms with Crippen LogP contribution >= 0.6 is 0 Å². The lowest BCUT2D eigenvalue weighted by Crippen LogP contribution is -2.16. The SMILES string of the molecule is CC(Nc1nc(OC2(C)CC2)c2nc(C#Cc3c[nH]cn3)ccc2n1)c1ccc(S(N)(=O)=O)cc1. The first kappa shape index (κ1) is 22.8. The first-order chi connectivity index (χ1) is 16.7. The summed E-state index contributed by atoms with van der Waals surface area (Å²) in [6.45, 7) is 3.96. The molecule has 1 atom stereocenters. The van der Waals surface area contributed by atoms with E-state index in [2.05, 4.69) is 42.1 Å². The van der Waals surface area contributed by atoms with Gasteiger partial charge in [-0.15, -0.1) is 0 Å². The lowest BCUT2D eigenvalue weighted by Gasteiger charge is -2.18. The van der Waals surface area contributed by atoms with Crippen molar-refractivity contribution in [2.75, 3.05) is 5.32 Å². The Kier molecular flexibility index (Phi) is 5.62. The molecule has 0 aliphatic heterocycles. The Bertz CT molecular complexity index is 1550. The number of hydrogen-bond donors (Lipinski definition) is 3. The van der Waals surface area contributed by atoms with E-state index in [1.807, 2.05) is 19.9 Å². The molecule has 0 bridgehead atoms. The molecule has 10 nitrogen and oxygen atoms in total. The van der Waals surface area contributed by atoms with E-state index in [-0.39, 0.29) is 16.5 Å². The average Bonchev–Trinajstić information content (AvgIpc) is 3.31. The van der Waals surface area contributed by atoms with Crippen molar-refractivity contribution < 1.29 is 13.2 Å². The summed E-state index contributed by atoms with van der Waals surface area (Å²) in [5.41, 5.74) is 2.90. The Morgan fingerprint density at radius 3 is 2.49 bits per heavy atom. The summed E-state index contributed by atoms with van der Waals surface area (Å²) in [6.07, 6.45) is 5.15. The summed E-state index contributed by atoms with van der Waals surface area (Å²) in [4.78, 5) is 20.9. The van der Waals surface area contributed by atoms with E-state index < -0.39 is 10.0 Å². The normalized spacial score (nSPS) is 15.2. The molecule has 3 aromatic heterocycles. The zero-order valence-corrected chi connectivity index (χ0v) is 19.9. The summed E-state index contributed by atoms with van der Waals surface area (Å²) in [7, 11) is -3.75. The number of aromatic amines is 1. The van der Waals surface area contributed by atoms with Crippen LogP contribution in [0.3, 0.4) is 0 Å². The third-order valence-corrected chi connectivity index (χ3v) is 6.61. The quantitative estimate of drug-likeness (QED) is 0.350. The van der Waals surface area contributed by atoms with Crippen molar-refractivity contribution in [2.45, 2.75) is 43.2 Å². The molecule has 1 aromatic carbocycles. The van der Waals surface area contributed by atoms with Crippen LogP contribution in [0.5, 0.6) is 5.88 Å². The van der Waals surface area contributed by atoms with E-state index >= 15 is 0 Å². The molecule has 1 fully saturated rings. The number of nitrogens with zero attached hydrogens (tertiary/aromatic N) is 4. The fraction of sp³-hybridized carbons (Fsp3) is 0.250. The number of imidazole rings is 1. The zero-order valence-electron chi connectivity index (χ0n) is 19.1. The van der Waals surface area contributed by atoms with E-state index in [1.54, 1.807) is 30.7 Å². The van der Waals surface area contributed by atoms with Crippen molar-refractivity contribution in [3.63, 3.8) is 0 Å². The monoisotopic (exact) mass is 489 g/mol. The largest absolute Gasteiger partial charge is 0.470 e. The molecule has 1 aliphatic carbocycles. The number of primary sulfonamides is 1. The highest BCUT2D eigenvalue weighted by atomic mass is 32.2. The van der Waals surface area contributed by atoms with Crippen molar-refractivity contribution >= 4 is 27.0 Å². The topological polar surface area (TPSA) is 149 Å². The van der Waals surface area contributed by atoms with Gasteiger partial charge in [0.2, 0.25) is 21.9 Å². The van der Waals surface area contributed by atoms with Gasteiger partial charge in [0.25, 0.3) is 0 Å². The third kappa shape index (κ3) is 5.24. The number of aromatic nitrogens is 5. The van der Waals surface area contributed by atoms with Gasteiger partial charge in [-0.05, 0) is 68.4 Å². The van der Waals surface area contributed by atoms with Gasteiger partial charge < -0.3 is 15.0 Å². The van der Waals surface area contributed by atoms with Crippen molar-refractivity contribution in [3.05, 3.63) is 65.9 Å². The van der Waals surface area contributed by atoms with Gasteiger partial charge in [-0.25, -0.2) is 28.5 Å². The highest BCUT2D eigenvalue weighted by Crippen LogP contribution is 2.40. The molecule has 178 valence electrons. The molecule has 11 heteroatoms.